The second kappa shape index (κ2) is 11.0. The zero-order chi connectivity index (χ0) is 22.9. The number of ether oxygens (including phenoxy) is 2. The van der Waals surface area contributed by atoms with Gasteiger partial charge in [-0.2, -0.15) is 5.10 Å². The van der Waals surface area contributed by atoms with Crippen LogP contribution in [-0.4, -0.2) is 28.7 Å². The molecule has 0 saturated carbocycles. The second-order valence-electron chi connectivity index (χ2n) is 6.40. The number of nitro benzene ring substituents is 1. The van der Waals surface area contributed by atoms with Gasteiger partial charge in [0.05, 0.1) is 29.9 Å². The van der Waals surface area contributed by atoms with Crippen molar-refractivity contribution < 1.29 is 23.6 Å². The van der Waals surface area contributed by atoms with Crippen LogP contribution < -0.4 is 10.2 Å². The Bertz CT molecular complexity index is 1120. The lowest BCUT2D eigenvalue weighted by atomic mass is 10.2. The van der Waals surface area contributed by atoms with Crippen molar-refractivity contribution in [1.82, 2.24) is 4.98 Å². The number of esters is 1. The third-order valence-corrected chi connectivity index (χ3v) is 4.84. The Morgan fingerprint density at radius 1 is 1.31 bits per heavy atom. The van der Waals surface area contributed by atoms with E-state index in [-0.39, 0.29) is 36.3 Å². The topological polar surface area (TPSA) is 116 Å². The Morgan fingerprint density at radius 3 is 2.81 bits per heavy atom. The normalized spacial score (nSPS) is 10.8. The quantitative estimate of drug-likeness (QED) is 0.208. The highest BCUT2D eigenvalue weighted by Gasteiger charge is 2.16. The first-order chi connectivity index (χ1) is 15.4. The number of thiazole rings is 1. The lowest BCUT2D eigenvalue weighted by molar-refractivity contribution is -0.385. The van der Waals surface area contributed by atoms with E-state index < -0.39 is 4.92 Å². The lowest BCUT2D eigenvalue weighted by Crippen LogP contribution is -2.07. The van der Waals surface area contributed by atoms with Gasteiger partial charge in [0.15, 0.2) is 5.75 Å². The predicted molar refractivity (Wildman–Crippen MR) is 117 cm³/mol. The van der Waals surface area contributed by atoms with Crippen molar-refractivity contribution in [2.75, 3.05) is 12.0 Å². The molecule has 0 saturated heterocycles. The van der Waals surface area contributed by atoms with Crippen LogP contribution in [0.1, 0.15) is 23.7 Å². The van der Waals surface area contributed by atoms with E-state index in [4.69, 9.17) is 9.47 Å². The third kappa shape index (κ3) is 6.57. The molecule has 1 N–H and O–H groups in total. The van der Waals surface area contributed by atoms with Crippen molar-refractivity contribution in [2.24, 2.45) is 5.10 Å². The monoisotopic (exact) mass is 458 g/mol. The standard InChI is InChI=1S/C21H19FN4O5S/c1-2-30-20(27)10-17-13-32-21(24-17)25-23-11-15-5-8-19(18(9-15)26(28)29)31-12-14-3-6-16(22)7-4-14/h3-9,11,13H,2,10,12H2,1H3,(H,24,25). The number of nitro groups is 1. The molecule has 0 spiro atoms. The molecule has 0 aliphatic carbocycles. The van der Waals surface area contributed by atoms with Gasteiger partial charge in [0, 0.05) is 17.0 Å². The molecule has 0 bridgehead atoms. The first-order valence-electron chi connectivity index (χ1n) is 9.49. The Hall–Kier alpha value is -3.86. The van der Waals surface area contributed by atoms with Gasteiger partial charge in [0.1, 0.15) is 12.4 Å². The molecular formula is C21H19FN4O5S. The van der Waals surface area contributed by atoms with Crippen LogP contribution in [0.4, 0.5) is 15.2 Å². The Labute approximate surface area is 186 Å². The maximum atomic E-state index is 13.0. The number of hydrogen-bond donors (Lipinski definition) is 1. The molecule has 0 atom stereocenters. The highest BCUT2D eigenvalue weighted by atomic mass is 32.1. The number of rotatable bonds is 10. The third-order valence-electron chi connectivity index (χ3n) is 4.04. The molecule has 32 heavy (non-hydrogen) atoms. The highest BCUT2D eigenvalue weighted by molar-refractivity contribution is 7.13. The van der Waals surface area contributed by atoms with E-state index >= 15 is 0 Å². The minimum atomic E-state index is -0.548. The SMILES string of the molecule is CCOC(=O)Cc1csc(NN=Cc2ccc(OCc3ccc(F)cc3)c([N+](=O)[O-])c2)n1. The van der Waals surface area contributed by atoms with Gasteiger partial charge in [-0.25, -0.2) is 9.37 Å². The maximum absolute atomic E-state index is 13.0. The molecule has 0 aliphatic rings. The van der Waals surface area contributed by atoms with E-state index in [0.717, 1.165) is 0 Å². The van der Waals surface area contributed by atoms with E-state index in [0.29, 0.717) is 28.6 Å². The summed E-state index contributed by atoms with van der Waals surface area (Å²) in [7, 11) is 0. The fourth-order valence-electron chi connectivity index (χ4n) is 2.58. The minimum absolute atomic E-state index is 0.0638. The number of carbonyl (C=O) groups excluding carboxylic acids is 1. The number of carbonyl (C=O) groups is 1. The maximum Gasteiger partial charge on any atom is 0.311 e. The molecule has 3 aromatic rings. The number of anilines is 1. The van der Waals surface area contributed by atoms with Gasteiger partial charge >= 0.3 is 11.7 Å². The predicted octanol–water partition coefficient (Wildman–Crippen LogP) is 4.32. The van der Waals surface area contributed by atoms with Gasteiger partial charge in [-0.05, 0) is 36.8 Å². The molecule has 0 amide bonds. The van der Waals surface area contributed by atoms with Crippen LogP contribution in [0.2, 0.25) is 0 Å². The van der Waals surface area contributed by atoms with Crippen molar-refractivity contribution in [2.45, 2.75) is 20.0 Å². The van der Waals surface area contributed by atoms with Crippen LogP contribution in [0.25, 0.3) is 0 Å². The number of hydrazone groups is 1. The lowest BCUT2D eigenvalue weighted by Gasteiger charge is -2.07. The molecule has 166 valence electrons. The Balaban J connectivity index is 1.62. The first-order valence-corrected chi connectivity index (χ1v) is 10.4. The summed E-state index contributed by atoms with van der Waals surface area (Å²) in [4.78, 5) is 26.6. The minimum Gasteiger partial charge on any atom is -0.482 e. The molecule has 3 rings (SSSR count). The number of nitrogens with zero attached hydrogens (tertiary/aromatic N) is 3. The van der Waals surface area contributed by atoms with Crippen molar-refractivity contribution >= 4 is 34.3 Å². The molecule has 9 nitrogen and oxygen atoms in total. The summed E-state index contributed by atoms with van der Waals surface area (Å²) in [6.45, 7) is 2.10. The molecule has 0 radical (unpaired) electrons. The molecule has 0 aliphatic heterocycles. The Kier molecular flexibility index (Phi) is 7.81. The van der Waals surface area contributed by atoms with Gasteiger partial charge in [-0.3, -0.25) is 20.3 Å². The van der Waals surface area contributed by atoms with Crippen LogP contribution in [0.15, 0.2) is 52.9 Å². The van der Waals surface area contributed by atoms with Crippen LogP contribution in [-0.2, 0) is 22.6 Å². The fourth-order valence-corrected chi connectivity index (χ4v) is 3.24. The summed E-state index contributed by atoms with van der Waals surface area (Å²) < 4.78 is 23.4. The molecule has 0 unspecified atom stereocenters. The van der Waals surface area contributed by atoms with E-state index in [1.807, 2.05) is 0 Å². The van der Waals surface area contributed by atoms with E-state index in [1.54, 1.807) is 30.5 Å². The summed E-state index contributed by atoms with van der Waals surface area (Å²) in [5.41, 5.74) is 4.22. The highest BCUT2D eigenvalue weighted by Crippen LogP contribution is 2.28. The smallest absolute Gasteiger partial charge is 0.311 e. The molecule has 0 fully saturated rings. The van der Waals surface area contributed by atoms with Crippen molar-refractivity contribution in [3.63, 3.8) is 0 Å². The van der Waals surface area contributed by atoms with Crippen LogP contribution >= 0.6 is 11.3 Å². The number of benzene rings is 2. The Morgan fingerprint density at radius 2 is 2.09 bits per heavy atom. The van der Waals surface area contributed by atoms with Gasteiger partial charge in [-0.1, -0.05) is 12.1 Å². The van der Waals surface area contributed by atoms with Gasteiger partial charge < -0.3 is 9.47 Å². The summed E-state index contributed by atoms with van der Waals surface area (Å²) in [5, 5.41) is 17.6. The summed E-state index contributed by atoms with van der Waals surface area (Å²) >= 11 is 1.27. The van der Waals surface area contributed by atoms with Crippen LogP contribution in [0, 0.1) is 15.9 Å². The number of halogens is 1. The molecular weight excluding hydrogens is 439 g/mol. The average Bonchev–Trinajstić information content (AvgIpc) is 3.21. The van der Waals surface area contributed by atoms with E-state index in [9.17, 15) is 19.3 Å². The average molecular weight is 458 g/mol. The van der Waals surface area contributed by atoms with Crippen molar-refractivity contribution in [1.29, 1.82) is 0 Å². The molecule has 2 aromatic carbocycles. The number of hydrogen-bond acceptors (Lipinski definition) is 9. The van der Waals surface area contributed by atoms with E-state index in [2.05, 4.69) is 15.5 Å². The number of aromatic nitrogens is 1. The van der Waals surface area contributed by atoms with Crippen LogP contribution in [0.5, 0.6) is 5.75 Å². The van der Waals surface area contributed by atoms with E-state index in [1.165, 1.54) is 41.8 Å². The second-order valence-corrected chi connectivity index (χ2v) is 7.25. The molecule has 11 heteroatoms. The molecule has 1 heterocycles. The zero-order valence-corrected chi connectivity index (χ0v) is 17.8. The number of nitrogens with one attached hydrogen (secondary N) is 1. The van der Waals surface area contributed by atoms with Crippen molar-refractivity contribution in [3.05, 3.63) is 80.6 Å². The van der Waals surface area contributed by atoms with Gasteiger partial charge in [0.25, 0.3) is 0 Å². The summed E-state index contributed by atoms with van der Waals surface area (Å²) in [6.07, 6.45) is 1.48. The summed E-state index contributed by atoms with van der Waals surface area (Å²) in [5.74, 6) is -0.639. The van der Waals surface area contributed by atoms with Crippen molar-refractivity contribution in [3.8, 4) is 5.75 Å². The fraction of sp³-hybridized carbons (Fsp3) is 0.190. The van der Waals surface area contributed by atoms with Gasteiger partial charge in [0.2, 0.25) is 5.13 Å². The first kappa shape index (κ1) is 22.8. The molecule has 1 aromatic heterocycles. The zero-order valence-electron chi connectivity index (χ0n) is 17.0. The largest absolute Gasteiger partial charge is 0.482 e. The van der Waals surface area contributed by atoms with Crippen LogP contribution in [0.3, 0.4) is 0 Å². The van der Waals surface area contributed by atoms with Gasteiger partial charge in [-0.15, -0.1) is 11.3 Å². The summed E-state index contributed by atoms with van der Waals surface area (Å²) in [6, 6.07) is 10.1.